The van der Waals surface area contributed by atoms with Gasteiger partial charge in [-0.25, -0.2) is 0 Å². The molecule has 1 rings (SSSR count). The van der Waals surface area contributed by atoms with Crippen molar-refractivity contribution < 1.29 is 9.90 Å². The molecule has 0 aromatic heterocycles. The molecular weight excluding hydrogens is 216 g/mol. The number of likely N-dealkylation sites (tertiary alicyclic amines) is 1. The number of nitrogens with zero attached hydrogens (tertiary/aromatic N) is 1. The van der Waals surface area contributed by atoms with Gasteiger partial charge in [0.25, 0.3) is 0 Å². The molecule has 3 N–H and O–H groups in total. The molecule has 1 fully saturated rings. The van der Waals surface area contributed by atoms with Crippen LogP contribution in [0.1, 0.15) is 52.4 Å². The van der Waals surface area contributed by atoms with E-state index < -0.39 is 0 Å². The van der Waals surface area contributed by atoms with Gasteiger partial charge in [0.2, 0.25) is 5.91 Å². The first-order chi connectivity index (χ1) is 7.94. The zero-order chi connectivity index (χ0) is 12.9. The fourth-order valence-electron chi connectivity index (χ4n) is 2.36. The molecule has 0 spiro atoms. The maximum atomic E-state index is 12.1. The average Bonchev–Trinajstić information content (AvgIpc) is 2.70. The lowest BCUT2D eigenvalue weighted by Crippen LogP contribution is -2.38. The van der Waals surface area contributed by atoms with Gasteiger partial charge in [0, 0.05) is 31.2 Å². The number of carbonyl (C=O) groups is 1. The standard InChI is InChI=1S/C13H26N2O2/c1-13(2,14)8-7-12(17)15-9-3-5-11(15)6-4-10-16/h11,16H,3-10,14H2,1-2H3. The molecule has 0 aromatic rings. The summed E-state index contributed by atoms with van der Waals surface area (Å²) in [4.78, 5) is 14.1. The zero-order valence-electron chi connectivity index (χ0n) is 11.1. The normalized spacial score (nSPS) is 20.9. The van der Waals surface area contributed by atoms with Gasteiger partial charge in [-0.05, 0) is 46.0 Å². The highest BCUT2D eigenvalue weighted by atomic mass is 16.3. The molecule has 1 aliphatic heterocycles. The van der Waals surface area contributed by atoms with E-state index in [1.807, 2.05) is 18.7 Å². The molecule has 0 bridgehead atoms. The predicted molar refractivity (Wildman–Crippen MR) is 68.6 cm³/mol. The van der Waals surface area contributed by atoms with Crippen LogP contribution in [0.3, 0.4) is 0 Å². The van der Waals surface area contributed by atoms with E-state index in [9.17, 15) is 4.79 Å². The van der Waals surface area contributed by atoms with Gasteiger partial charge in [0.15, 0.2) is 0 Å². The second-order valence-corrected chi connectivity index (χ2v) is 5.74. The highest BCUT2D eigenvalue weighted by molar-refractivity contribution is 5.76. The van der Waals surface area contributed by atoms with E-state index in [-0.39, 0.29) is 18.1 Å². The smallest absolute Gasteiger partial charge is 0.222 e. The highest BCUT2D eigenvalue weighted by Gasteiger charge is 2.28. The van der Waals surface area contributed by atoms with Crippen molar-refractivity contribution in [2.24, 2.45) is 5.73 Å². The average molecular weight is 242 g/mol. The highest BCUT2D eigenvalue weighted by Crippen LogP contribution is 2.23. The molecule has 0 aromatic carbocycles. The number of nitrogens with two attached hydrogens (primary N) is 1. The number of aliphatic hydroxyl groups excluding tert-OH is 1. The first-order valence-electron chi connectivity index (χ1n) is 6.63. The Labute approximate surface area is 104 Å². The van der Waals surface area contributed by atoms with Crippen LogP contribution in [0, 0.1) is 0 Å². The van der Waals surface area contributed by atoms with Crippen molar-refractivity contribution in [1.29, 1.82) is 0 Å². The van der Waals surface area contributed by atoms with Gasteiger partial charge in [-0.2, -0.15) is 0 Å². The van der Waals surface area contributed by atoms with Crippen LogP contribution < -0.4 is 5.73 Å². The van der Waals surface area contributed by atoms with Crippen LogP contribution in [0.4, 0.5) is 0 Å². The van der Waals surface area contributed by atoms with Gasteiger partial charge in [0.1, 0.15) is 0 Å². The molecule has 4 nitrogen and oxygen atoms in total. The van der Waals surface area contributed by atoms with E-state index in [0.29, 0.717) is 12.5 Å². The summed E-state index contributed by atoms with van der Waals surface area (Å²) in [7, 11) is 0. The number of rotatable bonds is 6. The largest absolute Gasteiger partial charge is 0.396 e. The lowest BCUT2D eigenvalue weighted by atomic mass is 9.99. The summed E-state index contributed by atoms with van der Waals surface area (Å²) in [5.74, 6) is 0.226. The Morgan fingerprint density at radius 2 is 2.24 bits per heavy atom. The summed E-state index contributed by atoms with van der Waals surface area (Å²) < 4.78 is 0. The molecule has 17 heavy (non-hydrogen) atoms. The van der Waals surface area contributed by atoms with Crippen LogP contribution in [0.15, 0.2) is 0 Å². The number of carbonyl (C=O) groups excluding carboxylic acids is 1. The lowest BCUT2D eigenvalue weighted by molar-refractivity contribution is -0.132. The first-order valence-corrected chi connectivity index (χ1v) is 6.63. The minimum atomic E-state index is -0.268. The topological polar surface area (TPSA) is 66.6 Å². The first kappa shape index (κ1) is 14.5. The van der Waals surface area contributed by atoms with Crippen molar-refractivity contribution in [2.45, 2.75) is 64.0 Å². The van der Waals surface area contributed by atoms with Crippen LogP contribution >= 0.6 is 0 Å². The second kappa shape index (κ2) is 6.36. The SMILES string of the molecule is CC(C)(N)CCC(=O)N1CCCC1CCCO. The molecular formula is C13H26N2O2. The predicted octanol–water partition coefficient (Wildman–Crippen LogP) is 1.27. The third-order valence-corrected chi connectivity index (χ3v) is 3.38. The lowest BCUT2D eigenvalue weighted by Gasteiger charge is -2.26. The van der Waals surface area contributed by atoms with Gasteiger partial charge in [-0.3, -0.25) is 4.79 Å². The van der Waals surface area contributed by atoms with Crippen molar-refractivity contribution >= 4 is 5.91 Å². The van der Waals surface area contributed by atoms with Crippen molar-refractivity contribution in [3.05, 3.63) is 0 Å². The van der Waals surface area contributed by atoms with Crippen LogP contribution in [0.5, 0.6) is 0 Å². The van der Waals surface area contributed by atoms with Gasteiger partial charge < -0.3 is 15.7 Å². The molecule has 1 aliphatic rings. The zero-order valence-corrected chi connectivity index (χ0v) is 11.1. The molecule has 1 heterocycles. The Kier molecular flexibility index (Phi) is 5.40. The number of hydrogen-bond donors (Lipinski definition) is 2. The molecule has 0 aliphatic carbocycles. The summed E-state index contributed by atoms with van der Waals surface area (Å²) in [6.45, 7) is 5.00. The monoisotopic (exact) mass is 242 g/mol. The Balaban J connectivity index is 2.39. The molecule has 1 atom stereocenters. The Morgan fingerprint density at radius 3 is 2.82 bits per heavy atom. The van der Waals surface area contributed by atoms with Gasteiger partial charge in [-0.15, -0.1) is 0 Å². The third kappa shape index (κ3) is 5.04. The molecule has 1 saturated heterocycles. The molecule has 0 saturated carbocycles. The summed E-state index contributed by atoms with van der Waals surface area (Å²) in [6, 6.07) is 0.343. The fraction of sp³-hybridized carbons (Fsp3) is 0.923. The van der Waals surface area contributed by atoms with Crippen molar-refractivity contribution in [3.63, 3.8) is 0 Å². The van der Waals surface area contributed by atoms with Crippen molar-refractivity contribution in [3.8, 4) is 0 Å². The third-order valence-electron chi connectivity index (χ3n) is 3.38. The second-order valence-electron chi connectivity index (χ2n) is 5.74. The summed E-state index contributed by atoms with van der Waals surface area (Å²) >= 11 is 0. The molecule has 1 amide bonds. The minimum absolute atomic E-state index is 0.217. The maximum absolute atomic E-state index is 12.1. The molecule has 1 unspecified atom stereocenters. The van der Waals surface area contributed by atoms with Crippen molar-refractivity contribution in [1.82, 2.24) is 4.90 Å². The van der Waals surface area contributed by atoms with Gasteiger partial charge in [-0.1, -0.05) is 0 Å². The summed E-state index contributed by atoms with van der Waals surface area (Å²) in [5.41, 5.74) is 5.63. The quantitative estimate of drug-likeness (QED) is 0.737. The van der Waals surface area contributed by atoms with Crippen LogP contribution in [-0.4, -0.2) is 40.6 Å². The molecule has 0 radical (unpaired) electrons. The van der Waals surface area contributed by atoms with E-state index in [4.69, 9.17) is 10.8 Å². The number of hydrogen-bond acceptors (Lipinski definition) is 3. The van der Waals surface area contributed by atoms with E-state index >= 15 is 0 Å². The van der Waals surface area contributed by atoms with E-state index in [1.54, 1.807) is 0 Å². The van der Waals surface area contributed by atoms with Crippen LogP contribution in [0.25, 0.3) is 0 Å². The number of amides is 1. The maximum Gasteiger partial charge on any atom is 0.222 e. The Morgan fingerprint density at radius 1 is 1.53 bits per heavy atom. The van der Waals surface area contributed by atoms with E-state index in [1.165, 1.54) is 0 Å². The van der Waals surface area contributed by atoms with Crippen LogP contribution in [0.2, 0.25) is 0 Å². The van der Waals surface area contributed by atoms with Gasteiger partial charge >= 0.3 is 0 Å². The molecule has 4 heteroatoms. The Hall–Kier alpha value is -0.610. The van der Waals surface area contributed by atoms with E-state index in [0.717, 1.165) is 38.6 Å². The fourth-order valence-corrected chi connectivity index (χ4v) is 2.36. The minimum Gasteiger partial charge on any atom is -0.396 e. The van der Waals surface area contributed by atoms with E-state index in [2.05, 4.69) is 0 Å². The summed E-state index contributed by atoms with van der Waals surface area (Å²) in [6.07, 6.45) is 5.16. The molecule has 100 valence electrons. The number of aliphatic hydroxyl groups is 1. The van der Waals surface area contributed by atoms with Gasteiger partial charge in [0.05, 0.1) is 0 Å². The van der Waals surface area contributed by atoms with Crippen molar-refractivity contribution in [2.75, 3.05) is 13.2 Å². The summed E-state index contributed by atoms with van der Waals surface area (Å²) in [5, 5.41) is 8.84. The van der Waals surface area contributed by atoms with Crippen LogP contribution in [-0.2, 0) is 4.79 Å². The Bertz CT molecular complexity index is 248.